The maximum Gasteiger partial charge on any atom is 0.487 e. The summed E-state index contributed by atoms with van der Waals surface area (Å²) >= 11 is 0. The number of nitrogens with one attached hydrogen (secondary N) is 4. The lowest BCUT2D eigenvalue weighted by atomic mass is 9.79. The van der Waals surface area contributed by atoms with Crippen molar-refractivity contribution in [3.8, 4) is 11.5 Å². The zero-order valence-corrected chi connectivity index (χ0v) is 48.4. The number of aromatic nitrogens is 4. The van der Waals surface area contributed by atoms with Crippen LogP contribution < -0.4 is 41.1 Å². The second kappa shape index (κ2) is 23.4. The molecule has 27 heteroatoms. The van der Waals surface area contributed by atoms with Crippen LogP contribution in [-0.2, 0) is 36.4 Å². The summed E-state index contributed by atoms with van der Waals surface area (Å²) in [6, 6.07) is 16.6. The van der Waals surface area contributed by atoms with Gasteiger partial charge in [0.05, 0.1) is 25.1 Å². The fourth-order valence-corrected chi connectivity index (χ4v) is 14.4. The van der Waals surface area contributed by atoms with Gasteiger partial charge in [0, 0.05) is 90.7 Å². The summed E-state index contributed by atoms with van der Waals surface area (Å²) in [5.41, 5.74) is 7.43. The van der Waals surface area contributed by atoms with E-state index in [4.69, 9.17) is 14.4 Å². The molecule has 1 fully saturated rings. The van der Waals surface area contributed by atoms with Crippen LogP contribution in [0.4, 0.5) is 11.5 Å². The van der Waals surface area contributed by atoms with Gasteiger partial charge in [-0.1, -0.05) is 44.9 Å². The van der Waals surface area contributed by atoms with Gasteiger partial charge in [-0.15, -0.1) is 0 Å². The molecule has 5 unspecified atom stereocenters. The molecule has 9 rings (SSSR count). The first-order chi connectivity index (χ1) is 37.7. The monoisotopic (exact) mass is 1170 g/mol. The molecule has 2 aromatic heterocycles. The molecule has 0 saturated carbocycles. The molecular formula is C53H70N9O15P3. The molecule has 8 atom stereocenters. The average Bonchev–Trinajstić information content (AvgIpc) is 3.96. The molecule has 1 saturated heterocycles. The number of anilines is 2. The quantitative estimate of drug-likeness (QED) is 0.0332. The first-order valence-electron chi connectivity index (χ1n) is 26.8. The maximum atomic E-state index is 14.5. The summed E-state index contributed by atoms with van der Waals surface area (Å²) in [5, 5.41) is 22.6. The van der Waals surface area contributed by atoms with E-state index < -0.39 is 48.5 Å². The summed E-state index contributed by atoms with van der Waals surface area (Å²) in [5.74, 6) is 2.33. The molecule has 0 spiro atoms. The fraction of sp³-hybridized carbons (Fsp3) is 0.509. The minimum absolute atomic E-state index is 0.0386. The van der Waals surface area contributed by atoms with E-state index in [9.17, 15) is 43.1 Å². The number of fused-ring (bicyclic) bond motifs is 5. The third-order valence-electron chi connectivity index (χ3n) is 14.8. The van der Waals surface area contributed by atoms with Crippen molar-refractivity contribution in [1.82, 2.24) is 29.7 Å². The van der Waals surface area contributed by atoms with Crippen molar-refractivity contribution in [2.75, 3.05) is 43.9 Å². The van der Waals surface area contributed by atoms with Gasteiger partial charge >= 0.3 is 15.6 Å². The average molecular weight is 1170 g/mol. The largest absolute Gasteiger partial charge is 0.756 e. The Morgan fingerprint density at radius 2 is 1.64 bits per heavy atom. The molecular weight excluding hydrogens is 1100 g/mol. The van der Waals surface area contributed by atoms with E-state index in [1.54, 1.807) is 11.9 Å². The lowest BCUT2D eigenvalue weighted by Crippen LogP contribution is -2.90. The molecule has 5 aromatic rings. The van der Waals surface area contributed by atoms with Gasteiger partial charge in [0.1, 0.15) is 30.2 Å². The molecule has 0 radical (unpaired) electrons. The second-order valence-electron chi connectivity index (χ2n) is 22.5. The number of aliphatic hydroxyl groups is 1. The molecule has 80 heavy (non-hydrogen) atoms. The summed E-state index contributed by atoms with van der Waals surface area (Å²) < 4.78 is 60.6. The lowest BCUT2D eigenvalue weighted by Gasteiger charge is -2.38. The zero-order valence-electron chi connectivity index (χ0n) is 45.7. The van der Waals surface area contributed by atoms with Gasteiger partial charge < -0.3 is 55.0 Å². The van der Waals surface area contributed by atoms with Crippen LogP contribution >= 0.6 is 23.5 Å². The molecule has 4 aliphatic rings. The third-order valence-corrected chi connectivity index (χ3v) is 18.6. The third kappa shape index (κ3) is 13.9. The summed E-state index contributed by atoms with van der Waals surface area (Å²) in [6.45, 7) is 14.1. The van der Waals surface area contributed by atoms with Crippen molar-refractivity contribution in [2.45, 2.75) is 141 Å². The summed E-state index contributed by atoms with van der Waals surface area (Å²) in [7, 11) is -15.3. The Hall–Kier alpha value is -5.45. The minimum atomic E-state index is -5.82. The van der Waals surface area contributed by atoms with Gasteiger partial charge in [0.25, 0.3) is 13.7 Å². The number of carbonyl (C=O) groups excluding carboxylic acids is 2. The number of hydrogen-bond acceptors (Lipinski definition) is 17. The topological polar surface area (TPSA) is 332 Å². The maximum absolute atomic E-state index is 14.5. The summed E-state index contributed by atoms with van der Waals surface area (Å²) in [4.78, 5) is 84.5. The Bertz CT molecular complexity index is 3460. The van der Waals surface area contributed by atoms with Crippen LogP contribution in [-0.4, -0.2) is 113 Å². The molecule has 24 nitrogen and oxygen atoms in total. The summed E-state index contributed by atoms with van der Waals surface area (Å²) in [6.07, 6.45) is 5.33. The SMILES string of the molecule is CC1CC(C)(C)Nc2cc3c(cc21)C(c1ccccc1C(=O)N(C)CCCC(=O)NCCCCCCNc1ncnc2c1ncn2[C@H]1C[C@H](O)[C@@H](COP(=O)(O)OP(=O)(O)OP(=O)([O-])O)O1)=c1cc2c(cc1O3)=[NH+]C(C)(C)CC2C. The van der Waals surface area contributed by atoms with E-state index in [1.807, 2.05) is 24.3 Å². The Labute approximate surface area is 462 Å². The number of imidazole rings is 1. The van der Waals surface area contributed by atoms with Gasteiger partial charge in [-0.3, -0.25) is 23.2 Å². The highest BCUT2D eigenvalue weighted by atomic mass is 31.3. The molecule has 8 N–H and O–H groups in total. The van der Waals surface area contributed by atoms with Crippen molar-refractivity contribution in [3.63, 3.8) is 0 Å². The van der Waals surface area contributed by atoms with Crippen molar-refractivity contribution in [3.05, 3.63) is 99.6 Å². The number of benzene rings is 3. The van der Waals surface area contributed by atoms with Crippen LogP contribution in [0, 0.1) is 0 Å². The lowest BCUT2D eigenvalue weighted by molar-refractivity contribution is -0.588. The Balaban J connectivity index is 0.743. The van der Waals surface area contributed by atoms with Crippen LogP contribution in [0.2, 0.25) is 0 Å². The van der Waals surface area contributed by atoms with Crippen molar-refractivity contribution < 1.29 is 75.6 Å². The van der Waals surface area contributed by atoms with Crippen molar-refractivity contribution in [2.24, 2.45) is 0 Å². The van der Waals surface area contributed by atoms with Gasteiger partial charge in [-0.2, -0.15) is 4.31 Å². The van der Waals surface area contributed by atoms with Crippen LogP contribution in [0.3, 0.4) is 0 Å². The number of unbranched alkanes of at least 4 members (excludes halogenated alkanes) is 3. The van der Waals surface area contributed by atoms with Gasteiger partial charge in [0.15, 0.2) is 22.5 Å². The standard InChI is InChI=1S/C53H70N9O15P3/c1-31-26-52(3,4)59-39-23-42-37(21-35(31)39)47(38-22-36-32(2)27-53(5,6)60-40(36)24-43(38)74-42)33-15-10-11-16-34(33)51(65)61(7)20-14-17-45(64)54-18-12-8-9-13-19-55-49-48-50(57-29-56-49)62(30-58-48)46-25-41(63)44(75-46)28-73-79(69,70)77-80(71,72)76-78(66,67)68/h10-11,15-16,21-24,29-32,41,44,46,59,63H,8-9,12-14,17-20,25-28H2,1-7H3,(H,54,64)(H,69,70)(H,71,72)(H,55,56,57)(H2,66,67,68)/t31?,32?,41-,44+,46+/m0/s1. The van der Waals surface area contributed by atoms with E-state index >= 15 is 0 Å². The van der Waals surface area contributed by atoms with E-state index in [2.05, 4.69) is 115 Å². The predicted octanol–water partition coefficient (Wildman–Crippen LogP) is 4.86. The molecule has 432 valence electrons. The molecule has 2 amide bonds. The van der Waals surface area contributed by atoms with Gasteiger partial charge in [0.2, 0.25) is 11.3 Å². The van der Waals surface area contributed by atoms with Crippen LogP contribution in [0.5, 0.6) is 11.5 Å². The van der Waals surface area contributed by atoms with E-state index in [-0.39, 0.29) is 35.7 Å². The van der Waals surface area contributed by atoms with Gasteiger partial charge in [-0.25, -0.2) is 33.4 Å². The predicted molar refractivity (Wildman–Crippen MR) is 292 cm³/mol. The smallest absolute Gasteiger partial charge is 0.487 e. The number of amides is 2. The van der Waals surface area contributed by atoms with Crippen molar-refractivity contribution >= 4 is 63.5 Å². The highest BCUT2D eigenvalue weighted by Gasteiger charge is 2.42. The zero-order chi connectivity index (χ0) is 57.5. The highest BCUT2D eigenvalue weighted by molar-refractivity contribution is 7.66. The molecule has 6 heterocycles. The highest BCUT2D eigenvalue weighted by Crippen LogP contribution is 2.65. The molecule has 0 bridgehead atoms. The van der Waals surface area contributed by atoms with E-state index in [0.29, 0.717) is 60.4 Å². The first-order valence-corrected chi connectivity index (χ1v) is 31.2. The van der Waals surface area contributed by atoms with E-state index in [1.165, 1.54) is 28.3 Å². The Morgan fingerprint density at radius 3 is 2.40 bits per heavy atom. The first kappa shape index (κ1) is 59.2. The van der Waals surface area contributed by atoms with Crippen LogP contribution in [0.25, 0.3) is 16.7 Å². The molecule has 3 aromatic carbocycles. The second-order valence-corrected chi connectivity index (χ2v) is 26.9. The molecule has 0 aliphatic carbocycles. The Kier molecular flexibility index (Phi) is 17.3. The normalized spacial score (nSPS) is 22.9. The van der Waals surface area contributed by atoms with Crippen molar-refractivity contribution in [1.29, 1.82) is 0 Å². The Morgan fingerprint density at radius 1 is 0.900 bits per heavy atom. The number of hydrogen-bond donors (Lipinski definition) is 8. The molecule has 4 aliphatic heterocycles. The minimum Gasteiger partial charge on any atom is -0.756 e. The van der Waals surface area contributed by atoms with E-state index in [0.717, 1.165) is 83.0 Å². The number of aliphatic hydroxyl groups excluding tert-OH is 1. The number of rotatable bonds is 22. The number of phosphoric acid groups is 3. The van der Waals surface area contributed by atoms with Crippen LogP contribution in [0.1, 0.15) is 150 Å². The fourth-order valence-electron chi connectivity index (χ4n) is 11.4. The number of phosphoric ester groups is 1. The number of carbonyl (C=O) groups is 2. The van der Waals surface area contributed by atoms with Crippen LogP contribution in [0.15, 0.2) is 61.2 Å². The van der Waals surface area contributed by atoms with Gasteiger partial charge in [-0.05, 0) is 94.5 Å². The number of nitrogens with zero attached hydrogens (tertiary/aromatic N) is 5. The number of ether oxygens (including phenoxy) is 2.